The fraction of sp³-hybridized carbons (Fsp3) is 0.357. The van der Waals surface area contributed by atoms with Crippen LogP contribution in [0.1, 0.15) is 36.5 Å². The number of nitrogens with zero attached hydrogens (tertiary/aromatic N) is 2. The Hall–Kier alpha value is -3.79. The van der Waals surface area contributed by atoms with E-state index in [0.717, 1.165) is 53.7 Å². The van der Waals surface area contributed by atoms with E-state index in [1.165, 1.54) is 0 Å². The highest BCUT2D eigenvalue weighted by Gasteiger charge is 2.36. The number of thioether (sulfide) groups is 1. The first-order valence-corrected chi connectivity index (χ1v) is 13.4. The summed E-state index contributed by atoms with van der Waals surface area (Å²) in [5.41, 5.74) is 3.08. The molecular weight excluding hydrogens is 506 g/mol. The van der Waals surface area contributed by atoms with Crippen LogP contribution in [0.2, 0.25) is 0 Å². The van der Waals surface area contributed by atoms with Crippen LogP contribution < -0.4 is 14.8 Å². The first-order valence-electron chi connectivity index (χ1n) is 12.6. The highest BCUT2D eigenvalue weighted by molar-refractivity contribution is 8.18. The molecule has 4 rings (SSSR count). The number of anilines is 1. The Kier molecular flexibility index (Phi) is 8.73. The number of carbonyl (C=O) groups excluding carboxylic acids is 4. The van der Waals surface area contributed by atoms with Crippen molar-refractivity contribution in [2.75, 3.05) is 38.2 Å². The van der Waals surface area contributed by atoms with E-state index in [2.05, 4.69) is 5.32 Å². The Balaban J connectivity index is 1.43. The molecule has 2 aromatic rings. The zero-order valence-corrected chi connectivity index (χ0v) is 22.6. The maximum atomic E-state index is 13.0. The van der Waals surface area contributed by atoms with E-state index in [-0.39, 0.29) is 24.0 Å². The Morgan fingerprint density at radius 1 is 1.03 bits per heavy atom. The molecule has 1 N–H and O–H groups in total. The molecule has 4 amide bonds. The molecule has 2 aromatic carbocycles. The lowest BCUT2D eigenvalue weighted by molar-refractivity contribution is -0.132. The molecule has 38 heavy (non-hydrogen) atoms. The molecule has 2 fully saturated rings. The number of amides is 4. The average Bonchev–Trinajstić information content (AvgIpc) is 3.51. The van der Waals surface area contributed by atoms with Crippen LogP contribution in [0.5, 0.6) is 11.5 Å². The minimum absolute atomic E-state index is 0.0654. The molecule has 0 atom stereocenters. The molecule has 0 aliphatic carbocycles. The van der Waals surface area contributed by atoms with Gasteiger partial charge in [0.1, 0.15) is 6.54 Å². The number of ether oxygens (including phenoxy) is 2. The van der Waals surface area contributed by atoms with Crippen LogP contribution in [0.3, 0.4) is 0 Å². The molecule has 9 nitrogen and oxygen atoms in total. The maximum Gasteiger partial charge on any atom is 0.294 e. The Labute approximate surface area is 226 Å². The molecule has 0 unspecified atom stereocenters. The predicted molar refractivity (Wildman–Crippen MR) is 146 cm³/mol. The van der Waals surface area contributed by atoms with Gasteiger partial charge in [0.15, 0.2) is 18.1 Å². The largest absolute Gasteiger partial charge is 0.490 e. The van der Waals surface area contributed by atoms with Gasteiger partial charge in [0.2, 0.25) is 5.91 Å². The second-order valence-electron chi connectivity index (χ2n) is 9.10. The number of rotatable bonds is 9. The molecule has 0 bridgehead atoms. The van der Waals surface area contributed by atoms with E-state index in [1.807, 2.05) is 39.0 Å². The second-order valence-corrected chi connectivity index (χ2v) is 10.1. The fourth-order valence-electron chi connectivity index (χ4n) is 4.32. The number of para-hydroxylation sites is 1. The second kappa shape index (κ2) is 12.2. The molecular formula is C28H31N3O6S. The van der Waals surface area contributed by atoms with Gasteiger partial charge in [-0.05, 0) is 80.3 Å². The number of nitrogens with one attached hydrogen (secondary N) is 1. The summed E-state index contributed by atoms with van der Waals surface area (Å²) in [6.45, 7) is 7.02. The zero-order valence-electron chi connectivity index (χ0n) is 21.7. The van der Waals surface area contributed by atoms with Crippen molar-refractivity contribution in [3.8, 4) is 11.5 Å². The number of hydrogen-bond acceptors (Lipinski definition) is 7. The highest BCUT2D eigenvalue weighted by atomic mass is 32.2. The van der Waals surface area contributed by atoms with Gasteiger partial charge in [0.25, 0.3) is 17.1 Å². The standard InChI is InChI=1S/C28H31N3O6S/c1-4-36-22-14-20(10-11-21(22)37-17-25(33)30-12-5-6-13-30)15-23-27(34)31(28(35)38-23)16-24(32)29-26-18(2)8-7-9-19(26)3/h7-11,14-15H,4-6,12-13,16-17H2,1-3H3,(H,29,32)/b23-15-. The van der Waals surface area contributed by atoms with E-state index in [4.69, 9.17) is 9.47 Å². The van der Waals surface area contributed by atoms with Gasteiger partial charge >= 0.3 is 0 Å². The maximum absolute atomic E-state index is 13.0. The van der Waals surface area contributed by atoms with Gasteiger partial charge in [0, 0.05) is 18.8 Å². The quantitative estimate of drug-likeness (QED) is 0.474. The molecule has 0 aromatic heterocycles. The van der Waals surface area contributed by atoms with E-state index in [9.17, 15) is 19.2 Å². The Morgan fingerprint density at radius 3 is 2.42 bits per heavy atom. The lowest BCUT2D eigenvalue weighted by Crippen LogP contribution is -2.36. The van der Waals surface area contributed by atoms with Gasteiger partial charge in [-0.3, -0.25) is 24.1 Å². The van der Waals surface area contributed by atoms with Crippen molar-refractivity contribution >= 4 is 46.5 Å². The average molecular weight is 538 g/mol. The van der Waals surface area contributed by atoms with Crippen LogP contribution in [-0.4, -0.2) is 65.6 Å². The fourth-order valence-corrected chi connectivity index (χ4v) is 5.16. The van der Waals surface area contributed by atoms with Gasteiger partial charge < -0.3 is 19.7 Å². The highest BCUT2D eigenvalue weighted by Crippen LogP contribution is 2.35. The zero-order chi connectivity index (χ0) is 27.2. The minimum Gasteiger partial charge on any atom is -0.490 e. The third-order valence-corrected chi connectivity index (χ3v) is 7.20. The van der Waals surface area contributed by atoms with Gasteiger partial charge in [-0.15, -0.1) is 0 Å². The predicted octanol–water partition coefficient (Wildman–Crippen LogP) is 4.38. The van der Waals surface area contributed by atoms with Crippen molar-refractivity contribution in [3.05, 3.63) is 58.0 Å². The van der Waals surface area contributed by atoms with Crippen LogP contribution in [-0.2, 0) is 14.4 Å². The number of benzene rings is 2. The van der Waals surface area contributed by atoms with E-state index in [0.29, 0.717) is 29.4 Å². The summed E-state index contributed by atoms with van der Waals surface area (Å²) in [5.74, 6) is -0.194. The van der Waals surface area contributed by atoms with Gasteiger partial charge in [0.05, 0.1) is 11.5 Å². The molecule has 0 saturated carbocycles. The van der Waals surface area contributed by atoms with Gasteiger partial charge in [-0.2, -0.15) is 0 Å². The Bertz CT molecular complexity index is 1270. The SMILES string of the molecule is CCOc1cc(/C=C2\SC(=O)N(CC(=O)Nc3c(C)cccc3C)C2=O)ccc1OCC(=O)N1CCCC1. The summed E-state index contributed by atoms with van der Waals surface area (Å²) in [6.07, 6.45) is 3.59. The number of imide groups is 1. The number of aryl methyl sites for hydroxylation is 2. The smallest absolute Gasteiger partial charge is 0.294 e. The third-order valence-electron chi connectivity index (χ3n) is 6.30. The molecule has 0 radical (unpaired) electrons. The van der Waals surface area contributed by atoms with Crippen LogP contribution in [0.15, 0.2) is 41.3 Å². The van der Waals surface area contributed by atoms with Crippen molar-refractivity contribution in [2.45, 2.75) is 33.6 Å². The van der Waals surface area contributed by atoms with Crippen molar-refractivity contribution < 1.29 is 28.7 Å². The van der Waals surface area contributed by atoms with E-state index in [1.54, 1.807) is 29.2 Å². The summed E-state index contributed by atoms with van der Waals surface area (Å²) < 4.78 is 11.4. The number of hydrogen-bond donors (Lipinski definition) is 1. The summed E-state index contributed by atoms with van der Waals surface area (Å²) in [4.78, 5) is 53.4. The van der Waals surface area contributed by atoms with Crippen molar-refractivity contribution in [1.29, 1.82) is 0 Å². The van der Waals surface area contributed by atoms with Crippen molar-refractivity contribution in [2.24, 2.45) is 0 Å². The van der Waals surface area contributed by atoms with E-state index < -0.39 is 17.1 Å². The summed E-state index contributed by atoms with van der Waals surface area (Å²) in [7, 11) is 0. The Morgan fingerprint density at radius 2 is 1.74 bits per heavy atom. The molecule has 2 aliphatic rings. The van der Waals surface area contributed by atoms with Crippen LogP contribution in [0.4, 0.5) is 10.5 Å². The van der Waals surface area contributed by atoms with Crippen LogP contribution in [0.25, 0.3) is 6.08 Å². The first-order chi connectivity index (χ1) is 18.3. The molecule has 0 spiro atoms. The van der Waals surface area contributed by atoms with Gasteiger partial charge in [-0.1, -0.05) is 24.3 Å². The van der Waals surface area contributed by atoms with Gasteiger partial charge in [-0.25, -0.2) is 0 Å². The molecule has 200 valence electrons. The van der Waals surface area contributed by atoms with Crippen molar-refractivity contribution in [3.63, 3.8) is 0 Å². The summed E-state index contributed by atoms with van der Waals surface area (Å²) in [5, 5.41) is 2.29. The van der Waals surface area contributed by atoms with Crippen LogP contribution in [0, 0.1) is 13.8 Å². The van der Waals surface area contributed by atoms with Crippen molar-refractivity contribution in [1.82, 2.24) is 9.80 Å². The topological polar surface area (TPSA) is 105 Å². The normalized spacial score (nSPS) is 16.3. The summed E-state index contributed by atoms with van der Waals surface area (Å²) in [6, 6.07) is 10.7. The van der Waals surface area contributed by atoms with Crippen LogP contribution >= 0.6 is 11.8 Å². The molecule has 10 heteroatoms. The molecule has 2 saturated heterocycles. The first kappa shape index (κ1) is 27.3. The third kappa shape index (κ3) is 6.36. The molecule has 2 heterocycles. The van der Waals surface area contributed by atoms with E-state index >= 15 is 0 Å². The number of likely N-dealkylation sites (tertiary alicyclic amines) is 1. The minimum atomic E-state index is -0.536. The lowest BCUT2D eigenvalue weighted by Gasteiger charge is -2.17. The monoisotopic (exact) mass is 537 g/mol. The lowest BCUT2D eigenvalue weighted by atomic mass is 10.1. The molecule has 2 aliphatic heterocycles. The summed E-state index contributed by atoms with van der Waals surface area (Å²) >= 11 is 0.779. The number of carbonyl (C=O) groups is 4.